The normalized spacial score (nSPS) is 23.6. The lowest BCUT2D eigenvalue weighted by Crippen LogP contribution is -2.40. The van der Waals surface area contributed by atoms with Gasteiger partial charge in [-0.05, 0) is 63.5 Å². The van der Waals surface area contributed by atoms with Crippen molar-refractivity contribution >= 4 is 18.0 Å². The van der Waals surface area contributed by atoms with E-state index in [0.29, 0.717) is 0 Å². The van der Waals surface area contributed by atoms with Gasteiger partial charge in [-0.25, -0.2) is 0 Å². The van der Waals surface area contributed by atoms with Gasteiger partial charge in [-0.2, -0.15) is 0 Å². The first-order valence-corrected chi connectivity index (χ1v) is 11.6. The van der Waals surface area contributed by atoms with Gasteiger partial charge in [-0.15, -0.1) is 0 Å². The third-order valence-electron chi connectivity index (χ3n) is 6.78. The zero-order valence-electron chi connectivity index (χ0n) is 19.6. The van der Waals surface area contributed by atoms with Gasteiger partial charge in [0, 0.05) is 54.7 Å². The fourth-order valence-corrected chi connectivity index (χ4v) is 5.45. The molecule has 0 unspecified atom stereocenters. The Kier molecular flexibility index (Phi) is 6.31. The van der Waals surface area contributed by atoms with Gasteiger partial charge >= 0.3 is 0 Å². The van der Waals surface area contributed by atoms with Crippen LogP contribution < -0.4 is 10.5 Å². The van der Waals surface area contributed by atoms with Gasteiger partial charge < -0.3 is 9.88 Å². The first-order chi connectivity index (χ1) is 15.5. The number of H-pyrrole nitrogens is 1. The molecule has 1 N–H and O–H groups in total. The number of hydrogen-bond donors (Lipinski definition) is 1. The Morgan fingerprint density at radius 3 is 2.72 bits per heavy atom. The quantitative estimate of drug-likeness (QED) is 0.477. The number of nitrogens with one attached hydrogen (secondary N) is 1. The second-order valence-corrected chi connectivity index (χ2v) is 8.69. The average molecular weight is 428 g/mol. The van der Waals surface area contributed by atoms with Gasteiger partial charge in [-0.3, -0.25) is 9.79 Å². The van der Waals surface area contributed by atoms with Crippen LogP contribution in [0, 0.1) is 5.92 Å². The predicted octanol–water partition coefficient (Wildman–Crippen LogP) is 5.67. The number of pyridine rings is 1. The molecule has 0 aliphatic heterocycles. The van der Waals surface area contributed by atoms with E-state index in [0.717, 1.165) is 37.2 Å². The average Bonchev–Trinajstić information content (AvgIpc) is 2.77. The molecular formula is C28H33N3O. The molecule has 0 spiro atoms. The predicted molar refractivity (Wildman–Crippen MR) is 136 cm³/mol. The van der Waals surface area contributed by atoms with Crippen LogP contribution in [0.4, 0.5) is 5.69 Å². The van der Waals surface area contributed by atoms with Crippen LogP contribution in [-0.2, 0) is 12.0 Å². The summed E-state index contributed by atoms with van der Waals surface area (Å²) < 4.78 is 0. The Balaban J connectivity index is 1.73. The smallest absolute Gasteiger partial charge is 0.248 e. The lowest BCUT2D eigenvalue weighted by Gasteiger charge is -2.45. The molecule has 0 radical (unpaired) electrons. The molecule has 2 aromatic rings. The van der Waals surface area contributed by atoms with Crippen molar-refractivity contribution in [1.82, 2.24) is 4.98 Å². The highest BCUT2D eigenvalue weighted by Crippen LogP contribution is 2.51. The number of aromatic nitrogens is 1. The van der Waals surface area contributed by atoms with Crippen molar-refractivity contribution < 1.29 is 0 Å². The third kappa shape index (κ3) is 3.90. The number of para-hydroxylation sites is 1. The summed E-state index contributed by atoms with van der Waals surface area (Å²) in [5.41, 5.74) is 6.77. The molecular weight excluding hydrogens is 394 g/mol. The van der Waals surface area contributed by atoms with Gasteiger partial charge in [0.15, 0.2) is 0 Å². The maximum Gasteiger partial charge on any atom is 0.248 e. The van der Waals surface area contributed by atoms with Crippen LogP contribution in [0.15, 0.2) is 75.6 Å². The summed E-state index contributed by atoms with van der Waals surface area (Å²) in [4.78, 5) is 22.6. The van der Waals surface area contributed by atoms with Crippen LogP contribution in [0.5, 0.6) is 0 Å². The molecule has 0 amide bonds. The van der Waals surface area contributed by atoms with E-state index in [4.69, 9.17) is 4.99 Å². The molecule has 0 saturated heterocycles. The van der Waals surface area contributed by atoms with E-state index in [-0.39, 0.29) is 11.5 Å². The molecule has 1 aromatic heterocycles. The minimum atomic E-state index is -0.446. The van der Waals surface area contributed by atoms with E-state index in [2.05, 4.69) is 80.1 Å². The molecule has 4 nitrogen and oxygen atoms in total. The summed E-state index contributed by atoms with van der Waals surface area (Å²) in [6.45, 7) is 10.6. The van der Waals surface area contributed by atoms with Gasteiger partial charge in [0.2, 0.25) is 5.56 Å². The van der Waals surface area contributed by atoms with Crippen LogP contribution in [-0.4, -0.2) is 24.3 Å². The van der Waals surface area contributed by atoms with Crippen LogP contribution in [0.2, 0.25) is 0 Å². The zero-order chi connectivity index (χ0) is 22.7. The van der Waals surface area contributed by atoms with E-state index in [1.54, 1.807) is 6.07 Å². The van der Waals surface area contributed by atoms with E-state index in [1.165, 1.54) is 22.4 Å². The van der Waals surface area contributed by atoms with Crippen molar-refractivity contribution in [1.29, 1.82) is 0 Å². The van der Waals surface area contributed by atoms with Crippen molar-refractivity contribution in [2.24, 2.45) is 10.9 Å². The Hall–Kier alpha value is -3.14. The standard InChI is InChI=1S/C28H33N3O/c1-5-23-22-17-20(4)19-28(23,24-14-15-27(32)30-25(24)18-22)29-16-10-12-21-11-8-9-13-26(21)31(6-2)7-3/h5,8-17,22H,6-7,18-19H2,1-4H3,(H,30,32)/b12-10+,23-5+,29-16+/t22-,28+/m0/s1. The second kappa shape index (κ2) is 9.15. The summed E-state index contributed by atoms with van der Waals surface area (Å²) in [5, 5.41) is 0. The molecule has 32 heavy (non-hydrogen) atoms. The van der Waals surface area contributed by atoms with Crippen molar-refractivity contribution in [3.8, 4) is 0 Å². The van der Waals surface area contributed by atoms with Gasteiger partial charge in [0.1, 0.15) is 5.54 Å². The van der Waals surface area contributed by atoms with E-state index >= 15 is 0 Å². The van der Waals surface area contributed by atoms with Crippen LogP contribution in [0.1, 0.15) is 50.9 Å². The van der Waals surface area contributed by atoms with Gasteiger partial charge in [-0.1, -0.05) is 42.0 Å². The highest BCUT2D eigenvalue weighted by atomic mass is 16.1. The summed E-state index contributed by atoms with van der Waals surface area (Å²) in [6, 6.07) is 12.1. The highest BCUT2D eigenvalue weighted by Gasteiger charge is 2.46. The summed E-state index contributed by atoms with van der Waals surface area (Å²) >= 11 is 0. The van der Waals surface area contributed by atoms with E-state index < -0.39 is 5.54 Å². The van der Waals surface area contributed by atoms with Gasteiger partial charge in [0.05, 0.1) is 0 Å². The first kappa shape index (κ1) is 22.1. The topological polar surface area (TPSA) is 48.5 Å². The first-order valence-electron chi connectivity index (χ1n) is 11.6. The summed E-state index contributed by atoms with van der Waals surface area (Å²) in [6.07, 6.45) is 12.4. The molecule has 4 heteroatoms. The number of allylic oxidation sites excluding steroid dienone is 3. The van der Waals surface area contributed by atoms with Crippen molar-refractivity contribution in [2.45, 2.75) is 46.1 Å². The number of benzene rings is 1. The fourth-order valence-electron chi connectivity index (χ4n) is 5.45. The van der Waals surface area contributed by atoms with E-state index in [9.17, 15) is 4.79 Å². The number of nitrogens with zero attached hydrogens (tertiary/aromatic N) is 2. The zero-order valence-corrected chi connectivity index (χ0v) is 19.6. The number of aliphatic imine (C=N–C) groups is 1. The number of rotatable bonds is 6. The van der Waals surface area contributed by atoms with Crippen LogP contribution in [0.3, 0.4) is 0 Å². The molecule has 1 aromatic carbocycles. The Morgan fingerprint density at radius 1 is 1.19 bits per heavy atom. The van der Waals surface area contributed by atoms with Crippen molar-refractivity contribution in [2.75, 3.05) is 18.0 Å². The fraction of sp³-hybridized carbons (Fsp3) is 0.357. The monoisotopic (exact) mass is 427 g/mol. The van der Waals surface area contributed by atoms with Gasteiger partial charge in [0.25, 0.3) is 0 Å². The molecule has 4 rings (SSSR count). The number of aromatic amines is 1. The Labute approximate surface area is 191 Å². The maximum atomic E-state index is 12.0. The summed E-state index contributed by atoms with van der Waals surface area (Å²) in [5.74, 6) is 0.281. The molecule has 2 aliphatic rings. The van der Waals surface area contributed by atoms with Crippen LogP contribution in [0.25, 0.3) is 6.08 Å². The molecule has 2 atom stereocenters. The second-order valence-electron chi connectivity index (χ2n) is 8.69. The molecule has 0 fully saturated rings. The minimum absolute atomic E-state index is 0.0431. The molecule has 166 valence electrons. The molecule has 0 saturated carbocycles. The third-order valence-corrected chi connectivity index (χ3v) is 6.78. The number of anilines is 1. The molecule has 2 aliphatic carbocycles. The lowest BCUT2D eigenvalue weighted by atomic mass is 9.63. The Morgan fingerprint density at radius 2 is 1.97 bits per heavy atom. The van der Waals surface area contributed by atoms with Crippen LogP contribution >= 0.6 is 0 Å². The summed E-state index contributed by atoms with van der Waals surface area (Å²) in [7, 11) is 0. The minimum Gasteiger partial charge on any atom is -0.372 e. The lowest BCUT2D eigenvalue weighted by molar-refractivity contribution is 0.413. The molecule has 1 heterocycles. The maximum absolute atomic E-state index is 12.0. The van der Waals surface area contributed by atoms with Crippen molar-refractivity contribution in [3.63, 3.8) is 0 Å². The number of fused-ring (bicyclic) bond motifs is 4. The highest BCUT2D eigenvalue weighted by molar-refractivity contribution is 5.82. The Bertz CT molecular complexity index is 1160. The SMILES string of the molecule is C/C=C1\[C@H]2C=C(C)C[C@]1(/N=C/C=C/c1ccccc1N(CC)CC)c1ccc(=O)[nH]c1C2. The largest absolute Gasteiger partial charge is 0.372 e. The van der Waals surface area contributed by atoms with Crippen molar-refractivity contribution in [3.05, 3.63) is 92.9 Å². The number of hydrogen-bond acceptors (Lipinski definition) is 3. The van der Waals surface area contributed by atoms with E-state index in [1.807, 2.05) is 18.4 Å². The molecule has 2 bridgehead atoms.